The number of nitrogen functional groups attached to an aromatic ring is 1. The quantitative estimate of drug-likeness (QED) is 0.682. The molecule has 1 unspecified atom stereocenters. The van der Waals surface area contributed by atoms with Crippen LogP contribution < -0.4 is 5.73 Å². The Kier molecular flexibility index (Phi) is 2.70. The third-order valence-electron chi connectivity index (χ3n) is 2.63. The van der Waals surface area contributed by atoms with E-state index in [-0.39, 0.29) is 6.10 Å². The smallest absolute Gasteiger partial charge is 0.0679 e. The Hall–Kier alpha value is -1.06. The van der Waals surface area contributed by atoms with E-state index in [1.807, 2.05) is 24.3 Å². The Balaban J connectivity index is 1.94. The molecular weight excluding hydrogens is 176 g/mol. The number of nitrogens with zero attached hydrogens (tertiary/aromatic N) is 1. The molecule has 1 aromatic carbocycles. The van der Waals surface area contributed by atoms with E-state index < -0.39 is 0 Å². The van der Waals surface area contributed by atoms with Crippen molar-refractivity contribution in [2.45, 2.75) is 19.1 Å². The largest absolute Gasteiger partial charge is 0.399 e. The number of aliphatic hydroxyl groups is 1. The standard InChI is InChI=1S/C11H16N2O/c12-10-3-1-9(2-4-10)7-13-6-5-11(14)8-13/h1-4,11,14H,5-8,12H2. The van der Waals surface area contributed by atoms with E-state index in [1.54, 1.807) is 0 Å². The lowest BCUT2D eigenvalue weighted by atomic mass is 10.2. The molecule has 1 fully saturated rings. The molecule has 1 aliphatic heterocycles. The van der Waals surface area contributed by atoms with Crippen LogP contribution in [-0.4, -0.2) is 29.2 Å². The van der Waals surface area contributed by atoms with Gasteiger partial charge in [-0.2, -0.15) is 0 Å². The van der Waals surface area contributed by atoms with Crippen molar-refractivity contribution in [2.75, 3.05) is 18.8 Å². The van der Waals surface area contributed by atoms with Crippen molar-refractivity contribution in [2.24, 2.45) is 0 Å². The third kappa shape index (κ3) is 2.25. The van der Waals surface area contributed by atoms with Crippen LogP contribution in [-0.2, 0) is 6.54 Å². The predicted octanol–water partition coefficient (Wildman–Crippen LogP) is 0.835. The Bertz CT molecular complexity index is 297. The summed E-state index contributed by atoms with van der Waals surface area (Å²) in [6, 6.07) is 7.92. The molecule has 76 valence electrons. The maximum Gasteiger partial charge on any atom is 0.0679 e. The van der Waals surface area contributed by atoms with Gasteiger partial charge in [-0.15, -0.1) is 0 Å². The van der Waals surface area contributed by atoms with Gasteiger partial charge in [-0.25, -0.2) is 0 Å². The lowest BCUT2D eigenvalue weighted by Crippen LogP contribution is -2.21. The summed E-state index contributed by atoms with van der Waals surface area (Å²) in [4.78, 5) is 2.26. The Morgan fingerprint density at radius 3 is 2.64 bits per heavy atom. The molecule has 2 rings (SSSR count). The summed E-state index contributed by atoms with van der Waals surface area (Å²) in [7, 11) is 0. The summed E-state index contributed by atoms with van der Waals surface area (Å²) in [6.45, 7) is 2.70. The van der Waals surface area contributed by atoms with Crippen molar-refractivity contribution in [3.63, 3.8) is 0 Å². The molecule has 3 heteroatoms. The van der Waals surface area contributed by atoms with E-state index in [2.05, 4.69) is 4.90 Å². The van der Waals surface area contributed by atoms with Gasteiger partial charge in [-0.3, -0.25) is 4.90 Å². The molecule has 0 radical (unpaired) electrons. The molecule has 0 bridgehead atoms. The molecule has 14 heavy (non-hydrogen) atoms. The number of benzene rings is 1. The molecule has 1 aromatic rings. The topological polar surface area (TPSA) is 49.5 Å². The van der Waals surface area contributed by atoms with Crippen LogP contribution >= 0.6 is 0 Å². The molecule has 1 atom stereocenters. The van der Waals surface area contributed by atoms with Crippen LogP contribution in [0.25, 0.3) is 0 Å². The lowest BCUT2D eigenvalue weighted by Gasteiger charge is -2.14. The lowest BCUT2D eigenvalue weighted by molar-refractivity contribution is 0.175. The van der Waals surface area contributed by atoms with Crippen molar-refractivity contribution in [1.82, 2.24) is 4.90 Å². The first kappa shape index (κ1) is 9.49. The van der Waals surface area contributed by atoms with E-state index in [9.17, 15) is 5.11 Å². The minimum atomic E-state index is -0.135. The first-order valence-corrected chi connectivity index (χ1v) is 4.99. The fourth-order valence-electron chi connectivity index (χ4n) is 1.84. The molecule has 1 aliphatic rings. The summed E-state index contributed by atoms with van der Waals surface area (Å²) in [5.41, 5.74) is 7.66. The molecular formula is C11H16N2O. The van der Waals surface area contributed by atoms with Gasteiger partial charge in [0.15, 0.2) is 0 Å². The second-order valence-electron chi connectivity index (χ2n) is 3.92. The van der Waals surface area contributed by atoms with Gasteiger partial charge in [0, 0.05) is 25.3 Å². The summed E-state index contributed by atoms with van der Waals surface area (Å²) in [5.74, 6) is 0. The van der Waals surface area contributed by atoms with E-state index >= 15 is 0 Å². The second kappa shape index (κ2) is 3.98. The Labute approximate surface area is 84.1 Å². The zero-order valence-corrected chi connectivity index (χ0v) is 8.19. The van der Waals surface area contributed by atoms with Crippen LogP contribution in [0.4, 0.5) is 5.69 Å². The molecule has 0 spiro atoms. The van der Waals surface area contributed by atoms with E-state index in [1.165, 1.54) is 5.56 Å². The molecule has 0 aliphatic carbocycles. The predicted molar refractivity (Wildman–Crippen MR) is 56.8 cm³/mol. The molecule has 0 aromatic heterocycles. The van der Waals surface area contributed by atoms with Gasteiger partial charge >= 0.3 is 0 Å². The zero-order chi connectivity index (χ0) is 9.97. The van der Waals surface area contributed by atoms with E-state index in [0.29, 0.717) is 0 Å². The Morgan fingerprint density at radius 1 is 1.36 bits per heavy atom. The highest BCUT2D eigenvalue weighted by atomic mass is 16.3. The van der Waals surface area contributed by atoms with Crippen LogP contribution in [0.15, 0.2) is 24.3 Å². The summed E-state index contributed by atoms with van der Waals surface area (Å²) >= 11 is 0. The minimum Gasteiger partial charge on any atom is -0.399 e. The maximum atomic E-state index is 9.36. The normalized spacial score (nSPS) is 22.8. The van der Waals surface area contributed by atoms with Gasteiger partial charge < -0.3 is 10.8 Å². The molecule has 1 heterocycles. The number of likely N-dealkylation sites (tertiary alicyclic amines) is 1. The van der Waals surface area contributed by atoms with Gasteiger partial charge in [0.1, 0.15) is 0 Å². The van der Waals surface area contributed by atoms with E-state index in [0.717, 1.165) is 31.7 Å². The van der Waals surface area contributed by atoms with Gasteiger partial charge in [-0.05, 0) is 24.1 Å². The van der Waals surface area contributed by atoms with Crippen LogP contribution in [0.2, 0.25) is 0 Å². The van der Waals surface area contributed by atoms with Gasteiger partial charge in [0.25, 0.3) is 0 Å². The highest BCUT2D eigenvalue weighted by Crippen LogP contribution is 2.14. The van der Waals surface area contributed by atoms with Crippen LogP contribution in [0, 0.1) is 0 Å². The number of β-amino-alcohol motifs (C(OH)–C–C–N with tert-alkyl or cyclic N) is 1. The summed E-state index contributed by atoms with van der Waals surface area (Å²) in [5, 5.41) is 9.36. The third-order valence-corrected chi connectivity index (χ3v) is 2.63. The Morgan fingerprint density at radius 2 is 2.07 bits per heavy atom. The molecule has 0 amide bonds. The molecule has 1 saturated heterocycles. The highest BCUT2D eigenvalue weighted by Gasteiger charge is 2.19. The average Bonchev–Trinajstić information content (AvgIpc) is 2.56. The highest BCUT2D eigenvalue weighted by molar-refractivity contribution is 5.39. The van der Waals surface area contributed by atoms with E-state index in [4.69, 9.17) is 5.73 Å². The SMILES string of the molecule is Nc1ccc(CN2CCC(O)C2)cc1. The number of aliphatic hydroxyl groups excluding tert-OH is 1. The average molecular weight is 192 g/mol. The van der Waals surface area contributed by atoms with Crippen molar-refractivity contribution in [3.8, 4) is 0 Å². The van der Waals surface area contributed by atoms with Crippen molar-refractivity contribution in [1.29, 1.82) is 0 Å². The molecule has 3 N–H and O–H groups in total. The van der Waals surface area contributed by atoms with Crippen LogP contribution in [0.5, 0.6) is 0 Å². The van der Waals surface area contributed by atoms with Gasteiger partial charge in [0.05, 0.1) is 6.10 Å². The van der Waals surface area contributed by atoms with Gasteiger partial charge in [-0.1, -0.05) is 12.1 Å². The number of anilines is 1. The molecule has 0 saturated carbocycles. The van der Waals surface area contributed by atoms with Gasteiger partial charge in [0.2, 0.25) is 0 Å². The first-order chi connectivity index (χ1) is 6.74. The fraction of sp³-hybridized carbons (Fsp3) is 0.455. The minimum absolute atomic E-state index is 0.135. The molecule has 3 nitrogen and oxygen atoms in total. The number of hydrogen-bond donors (Lipinski definition) is 2. The number of rotatable bonds is 2. The fourth-order valence-corrected chi connectivity index (χ4v) is 1.84. The number of hydrogen-bond acceptors (Lipinski definition) is 3. The zero-order valence-electron chi connectivity index (χ0n) is 8.19. The second-order valence-corrected chi connectivity index (χ2v) is 3.92. The van der Waals surface area contributed by atoms with Crippen LogP contribution in [0.1, 0.15) is 12.0 Å². The van der Waals surface area contributed by atoms with Crippen molar-refractivity contribution < 1.29 is 5.11 Å². The monoisotopic (exact) mass is 192 g/mol. The van der Waals surface area contributed by atoms with Crippen molar-refractivity contribution >= 4 is 5.69 Å². The van der Waals surface area contributed by atoms with Crippen LogP contribution in [0.3, 0.4) is 0 Å². The summed E-state index contributed by atoms with van der Waals surface area (Å²) in [6.07, 6.45) is 0.762. The summed E-state index contributed by atoms with van der Waals surface area (Å²) < 4.78 is 0. The first-order valence-electron chi connectivity index (χ1n) is 4.99. The number of nitrogens with two attached hydrogens (primary N) is 1. The van der Waals surface area contributed by atoms with Crippen molar-refractivity contribution in [3.05, 3.63) is 29.8 Å². The maximum absolute atomic E-state index is 9.36.